The number of carbonyl (C=O) groups excluding carboxylic acids is 1. The molecule has 0 saturated heterocycles. The maximum atomic E-state index is 12.8. The summed E-state index contributed by atoms with van der Waals surface area (Å²) in [5.41, 5.74) is 3.56. The van der Waals surface area contributed by atoms with Gasteiger partial charge < -0.3 is 10.1 Å². The Bertz CT molecular complexity index is 1020. The van der Waals surface area contributed by atoms with Gasteiger partial charge in [0.1, 0.15) is 5.75 Å². The molecule has 1 heterocycles. The van der Waals surface area contributed by atoms with Gasteiger partial charge >= 0.3 is 0 Å². The third kappa shape index (κ3) is 4.25. The molecule has 0 aromatic heterocycles. The number of rotatable bonds is 4. The van der Waals surface area contributed by atoms with Crippen molar-refractivity contribution >= 4 is 33.2 Å². The Hall–Kier alpha value is -2.25. The van der Waals surface area contributed by atoms with E-state index in [-0.39, 0.29) is 18.5 Å². The highest BCUT2D eigenvalue weighted by molar-refractivity contribution is 7.92. The van der Waals surface area contributed by atoms with Crippen molar-refractivity contribution in [2.75, 3.05) is 17.1 Å². The highest BCUT2D eigenvalue weighted by atomic mass is 35.5. The van der Waals surface area contributed by atoms with Gasteiger partial charge in [0.15, 0.2) is 6.10 Å². The van der Waals surface area contributed by atoms with E-state index >= 15 is 0 Å². The molecule has 6 nitrogen and oxygen atoms in total. The number of sulfonamides is 1. The monoisotopic (exact) mass is 422 g/mol. The number of nitrogens with zero attached hydrogens (tertiary/aromatic N) is 1. The van der Waals surface area contributed by atoms with Crippen LogP contribution in [0.15, 0.2) is 36.4 Å². The van der Waals surface area contributed by atoms with Crippen LogP contribution < -0.4 is 14.4 Å². The van der Waals surface area contributed by atoms with E-state index in [0.717, 1.165) is 27.3 Å². The molecule has 2 aromatic carbocycles. The molecule has 1 N–H and O–H groups in total. The predicted molar refractivity (Wildman–Crippen MR) is 111 cm³/mol. The van der Waals surface area contributed by atoms with Crippen LogP contribution in [0.1, 0.15) is 29.7 Å². The van der Waals surface area contributed by atoms with Crippen molar-refractivity contribution in [2.24, 2.45) is 0 Å². The van der Waals surface area contributed by atoms with Crippen LogP contribution in [0, 0.1) is 13.8 Å². The zero-order chi connectivity index (χ0) is 20.6. The average Bonchev–Trinajstić information content (AvgIpc) is 2.59. The Kier molecular flexibility index (Phi) is 5.59. The molecule has 8 heteroatoms. The minimum absolute atomic E-state index is 0.113. The minimum atomic E-state index is -3.60. The summed E-state index contributed by atoms with van der Waals surface area (Å²) in [6.45, 7) is 5.78. The van der Waals surface area contributed by atoms with Crippen LogP contribution in [-0.2, 0) is 14.8 Å². The van der Waals surface area contributed by atoms with Gasteiger partial charge in [-0.25, -0.2) is 8.42 Å². The fraction of sp³-hybridized carbons (Fsp3) is 0.350. The lowest BCUT2D eigenvalue weighted by atomic mass is 10.00. The van der Waals surface area contributed by atoms with Crippen molar-refractivity contribution in [3.05, 3.63) is 58.1 Å². The average molecular weight is 423 g/mol. The number of anilines is 1. The zero-order valence-corrected chi connectivity index (χ0v) is 17.8. The van der Waals surface area contributed by atoms with Crippen LogP contribution in [0.2, 0.25) is 5.02 Å². The number of fused-ring (bicyclic) bond motifs is 1. The van der Waals surface area contributed by atoms with Crippen molar-refractivity contribution in [1.82, 2.24) is 5.32 Å². The molecule has 1 amide bonds. The van der Waals surface area contributed by atoms with Crippen LogP contribution in [0.5, 0.6) is 5.75 Å². The second kappa shape index (κ2) is 7.64. The van der Waals surface area contributed by atoms with Crippen molar-refractivity contribution in [3.63, 3.8) is 0 Å². The molecule has 0 bridgehead atoms. The predicted octanol–water partition coefficient (Wildman–Crippen LogP) is 3.36. The lowest BCUT2D eigenvalue weighted by Gasteiger charge is -2.34. The minimum Gasteiger partial charge on any atom is -0.476 e. The summed E-state index contributed by atoms with van der Waals surface area (Å²) in [6.07, 6.45) is 0.132. The smallest absolute Gasteiger partial charge is 0.263 e. The number of hydrogen-bond acceptors (Lipinski definition) is 4. The van der Waals surface area contributed by atoms with Crippen LogP contribution in [0.25, 0.3) is 0 Å². The second-order valence-corrected chi connectivity index (χ2v) is 9.45. The molecule has 1 aliphatic rings. The molecule has 0 saturated carbocycles. The molecule has 0 radical (unpaired) electrons. The van der Waals surface area contributed by atoms with E-state index in [9.17, 15) is 13.2 Å². The Morgan fingerprint density at radius 1 is 1.25 bits per heavy atom. The van der Waals surface area contributed by atoms with Crippen LogP contribution in [0.3, 0.4) is 0 Å². The molecule has 0 spiro atoms. The summed E-state index contributed by atoms with van der Waals surface area (Å²) in [5, 5.41) is 3.32. The molecule has 0 aliphatic carbocycles. The van der Waals surface area contributed by atoms with E-state index in [0.29, 0.717) is 16.5 Å². The van der Waals surface area contributed by atoms with Crippen LogP contribution >= 0.6 is 11.6 Å². The van der Waals surface area contributed by atoms with Gasteiger partial charge in [0.05, 0.1) is 24.5 Å². The van der Waals surface area contributed by atoms with E-state index in [1.165, 1.54) is 6.07 Å². The number of benzene rings is 2. The fourth-order valence-corrected chi connectivity index (χ4v) is 4.44. The normalized spacial score (nSPS) is 17.5. The van der Waals surface area contributed by atoms with Crippen molar-refractivity contribution in [2.45, 2.75) is 32.9 Å². The lowest BCUT2D eigenvalue weighted by molar-refractivity contribution is -0.128. The number of ether oxygens (including phenoxy) is 1. The number of halogens is 1. The summed E-state index contributed by atoms with van der Waals surface area (Å²) in [5.74, 6) is -0.0675. The van der Waals surface area contributed by atoms with Gasteiger partial charge in [-0.15, -0.1) is 0 Å². The van der Waals surface area contributed by atoms with E-state index in [1.54, 1.807) is 12.1 Å². The molecule has 0 fully saturated rings. The number of carbonyl (C=O) groups is 1. The van der Waals surface area contributed by atoms with Crippen molar-refractivity contribution in [3.8, 4) is 5.75 Å². The topological polar surface area (TPSA) is 75.7 Å². The van der Waals surface area contributed by atoms with Gasteiger partial charge in [0.2, 0.25) is 10.0 Å². The van der Waals surface area contributed by atoms with E-state index in [1.807, 2.05) is 32.9 Å². The van der Waals surface area contributed by atoms with E-state index in [2.05, 4.69) is 11.4 Å². The standard InChI is InChI=1S/C20H23ClN2O4S/c1-12-5-7-16(13(2)9-12)14(3)22-20(24)19-11-23(28(4,25)26)17-10-15(21)6-8-18(17)27-19/h5-10,14,19H,11H2,1-4H3,(H,22,24)/t14-,19+/m1/s1. The number of nitrogens with one attached hydrogen (secondary N) is 1. The van der Waals surface area contributed by atoms with E-state index < -0.39 is 16.1 Å². The van der Waals surface area contributed by atoms with Crippen LogP contribution in [-0.4, -0.2) is 33.2 Å². The zero-order valence-electron chi connectivity index (χ0n) is 16.2. The molecule has 150 valence electrons. The van der Waals surface area contributed by atoms with Crippen molar-refractivity contribution in [1.29, 1.82) is 0 Å². The summed E-state index contributed by atoms with van der Waals surface area (Å²) in [6, 6.07) is 10.5. The number of hydrogen-bond donors (Lipinski definition) is 1. The molecular formula is C20H23ClN2O4S. The summed E-state index contributed by atoms with van der Waals surface area (Å²) in [7, 11) is -3.60. The third-order valence-corrected chi connectivity index (χ3v) is 6.12. The van der Waals surface area contributed by atoms with Crippen LogP contribution in [0.4, 0.5) is 5.69 Å². The Morgan fingerprint density at radius 3 is 2.61 bits per heavy atom. The summed E-state index contributed by atoms with van der Waals surface area (Å²) in [4.78, 5) is 12.8. The van der Waals surface area contributed by atoms with E-state index in [4.69, 9.17) is 16.3 Å². The maximum Gasteiger partial charge on any atom is 0.263 e. The molecule has 0 unspecified atom stereocenters. The van der Waals surface area contributed by atoms with Crippen molar-refractivity contribution < 1.29 is 17.9 Å². The fourth-order valence-electron chi connectivity index (χ4n) is 3.37. The molecule has 3 rings (SSSR count). The Balaban J connectivity index is 1.83. The number of amides is 1. The molecule has 28 heavy (non-hydrogen) atoms. The lowest BCUT2D eigenvalue weighted by Crippen LogP contribution is -2.50. The SMILES string of the molecule is Cc1ccc([C@@H](C)NC(=O)[C@@H]2CN(S(C)(=O)=O)c3cc(Cl)ccc3O2)c(C)c1. The highest BCUT2D eigenvalue weighted by Gasteiger charge is 2.35. The van der Waals surface area contributed by atoms with Gasteiger partial charge in [-0.1, -0.05) is 35.4 Å². The Labute approximate surface area is 170 Å². The quantitative estimate of drug-likeness (QED) is 0.819. The number of aryl methyl sites for hydroxylation is 2. The molecule has 1 aliphatic heterocycles. The maximum absolute atomic E-state index is 12.8. The van der Waals surface area contributed by atoms with Gasteiger partial charge in [-0.3, -0.25) is 9.10 Å². The first-order valence-electron chi connectivity index (χ1n) is 8.87. The van der Waals surface area contributed by atoms with Gasteiger partial charge in [-0.05, 0) is 50.1 Å². The second-order valence-electron chi connectivity index (χ2n) is 7.10. The first kappa shape index (κ1) is 20.5. The highest BCUT2D eigenvalue weighted by Crippen LogP contribution is 2.37. The largest absolute Gasteiger partial charge is 0.476 e. The third-order valence-electron chi connectivity index (χ3n) is 4.73. The summed E-state index contributed by atoms with van der Waals surface area (Å²) >= 11 is 6.00. The summed E-state index contributed by atoms with van der Waals surface area (Å²) < 4.78 is 31.4. The molecule has 2 atom stereocenters. The first-order valence-corrected chi connectivity index (χ1v) is 11.1. The van der Waals surface area contributed by atoms with Gasteiger partial charge in [0, 0.05) is 5.02 Å². The molecule has 2 aromatic rings. The molecular weight excluding hydrogens is 400 g/mol. The van der Waals surface area contributed by atoms with Gasteiger partial charge in [0.25, 0.3) is 5.91 Å². The Morgan fingerprint density at radius 2 is 1.96 bits per heavy atom. The first-order chi connectivity index (χ1) is 13.1. The van der Waals surface area contributed by atoms with Gasteiger partial charge in [-0.2, -0.15) is 0 Å².